The number of alkyl halides is 3. The van der Waals surface area contributed by atoms with E-state index >= 15 is 0 Å². The Labute approximate surface area is 118 Å². The van der Waals surface area contributed by atoms with E-state index < -0.39 is 29.6 Å². The van der Waals surface area contributed by atoms with Gasteiger partial charge in [0.05, 0.1) is 5.56 Å². The van der Waals surface area contributed by atoms with E-state index in [1.54, 1.807) is 0 Å². The number of nitrogens with two attached hydrogens (primary N) is 1. The van der Waals surface area contributed by atoms with Crippen LogP contribution < -0.4 is 11.1 Å². The molecule has 0 bridgehead atoms. The summed E-state index contributed by atoms with van der Waals surface area (Å²) < 4.78 is 37.4. The molecule has 1 unspecified atom stereocenters. The minimum Gasteiger partial charge on any atom is -0.368 e. The number of nitrogens with zero attached hydrogens (tertiary/aromatic N) is 1. The second-order valence-corrected chi connectivity index (χ2v) is 4.70. The predicted octanol–water partition coefficient (Wildman–Crippen LogP) is 0.605. The molecule has 2 amide bonds. The highest BCUT2D eigenvalue weighted by atomic mass is 19.4. The number of primary amides is 1. The molecule has 0 radical (unpaired) electrons. The Bertz CT molecular complexity index is 543. The molecular weight excluding hydrogens is 287 g/mol. The third kappa shape index (κ3) is 3.33. The van der Waals surface area contributed by atoms with Crippen molar-refractivity contribution in [3.8, 4) is 0 Å². The normalized spacial score (nSPS) is 19.4. The van der Waals surface area contributed by atoms with Crippen LogP contribution in [-0.2, 0) is 11.0 Å². The summed E-state index contributed by atoms with van der Waals surface area (Å²) in [4.78, 5) is 24.9. The lowest BCUT2D eigenvalue weighted by atomic mass is 10.1. The zero-order chi connectivity index (χ0) is 15.6. The van der Waals surface area contributed by atoms with Gasteiger partial charge in [-0.2, -0.15) is 13.2 Å². The number of carbonyl (C=O) groups excluding carboxylic acids is 2. The van der Waals surface area contributed by atoms with Crippen LogP contribution in [-0.4, -0.2) is 42.4 Å². The van der Waals surface area contributed by atoms with Crippen LogP contribution in [0.4, 0.5) is 13.2 Å². The molecule has 8 heteroatoms. The summed E-state index contributed by atoms with van der Waals surface area (Å²) in [6, 6.07) is 3.09. The zero-order valence-electron chi connectivity index (χ0n) is 11.0. The van der Waals surface area contributed by atoms with Crippen molar-refractivity contribution in [2.45, 2.75) is 12.2 Å². The van der Waals surface area contributed by atoms with Crippen LogP contribution in [0.2, 0.25) is 0 Å². The molecule has 1 aromatic rings. The molecule has 1 aromatic carbocycles. The SMILES string of the molecule is NC(=O)C1CNCCN1C(=O)c1ccc(C(F)(F)F)cc1. The van der Waals surface area contributed by atoms with Crippen molar-refractivity contribution in [2.75, 3.05) is 19.6 Å². The molecule has 1 atom stereocenters. The van der Waals surface area contributed by atoms with Gasteiger partial charge in [-0.3, -0.25) is 9.59 Å². The fourth-order valence-electron chi connectivity index (χ4n) is 2.17. The molecule has 0 spiro atoms. The number of rotatable bonds is 2. The second-order valence-electron chi connectivity index (χ2n) is 4.70. The molecule has 0 saturated carbocycles. The van der Waals surface area contributed by atoms with Crippen LogP contribution in [0.5, 0.6) is 0 Å². The topological polar surface area (TPSA) is 75.4 Å². The largest absolute Gasteiger partial charge is 0.416 e. The van der Waals surface area contributed by atoms with Crippen molar-refractivity contribution in [2.24, 2.45) is 5.73 Å². The molecule has 21 heavy (non-hydrogen) atoms. The van der Waals surface area contributed by atoms with Crippen LogP contribution in [0.15, 0.2) is 24.3 Å². The summed E-state index contributed by atoms with van der Waals surface area (Å²) in [6.45, 7) is 1.01. The van der Waals surface area contributed by atoms with Crippen LogP contribution in [0.1, 0.15) is 15.9 Å². The third-order valence-electron chi connectivity index (χ3n) is 3.29. The van der Waals surface area contributed by atoms with Gasteiger partial charge in [0.15, 0.2) is 0 Å². The number of amides is 2. The van der Waals surface area contributed by atoms with E-state index in [1.165, 1.54) is 4.90 Å². The zero-order valence-corrected chi connectivity index (χ0v) is 11.0. The van der Waals surface area contributed by atoms with Gasteiger partial charge >= 0.3 is 6.18 Å². The average molecular weight is 301 g/mol. The molecular formula is C13H14F3N3O2. The Morgan fingerprint density at radius 3 is 2.38 bits per heavy atom. The standard InChI is InChI=1S/C13H14F3N3O2/c14-13(15,16)9-3-1-8(2-4-9)12(21)19-6-5-18-7-10(19)11(17)20/h1-4,10,18H,5-7H2,(H2,17,20). The van der Waals surface area contributed by atoms with Gasteiger partial charge in [-0.25, -0.2) is 0 Å². The summed E-state index contributed by atoms with van der Waals surface area (Å²) in [7, 11) is 0. The quantitative estimate of drug-likeness (QED) is 0.840. The number of piperazine rings is 1. The van der Waals surface area contributed by atoms with Crippen molar-refractivity contribution in [3.63, 3.8) is 0 Å². The lowest BCUT2D eigenvalue weighted by Gasteiger charge is -2.34. The van der Waals surface area contributed by atoms with Gasteiger partial charge in [0.1, 0.15) is 6.04 Å². The first-order valence-electron chi connectivity index (χ1n) is 6.29. The van der Waals surface area contributed by atoms with Crippen molar-refractivity contribution >= 4 is 11.8 Å². The van der Waals surface area contributed by atoms with E-state index in [-0.39, 0.29) is 18.7 Å². The maximum atomic E-state index is 12.5. The highest BCUT2D eigenvalue weighted by Gasteiger charge is 2.33. The highest BCUT2D eigenvalue weighted by molar-refractivity contribution is 5.97. The Kier molecular flexibility index (Phi) is 4.17. The molecule has 1 fully saturated rings. The first kappa shape index (κ1) is 15.3. The molecule has 1 heterocycles. The Balaban J connectivity index is 2.20. The molecule has 5 nitrogen and oxygen atoms in total. The number of halogens is 3. The van der Waals surface area contributed by atoms with Crippen LogP contribution in [0.3, 0.4) is 0 Å². The van der Waals surface area contributed by atoms with Crippen molar-refractivity contribution in [1.82, 2.24) is 10.2 Å². The van der Waals surface area contributed by atoms with E-state index in [9.17, 15) is 22.8 Å². The third-order valence-corrected chi connectivity index (χ3v) is 3.29. The van der Waals surface area contributed by atoms with E-state index in [4.69, 9.17) is 5.73 Å². The summed E-state index contributed by atoms with van der Waals surface area (Å²) >= 11 is 0. The number of nitrogens with one attached hydrogen (secondary N) is 1. The first-order chi connectivity index (χ1) is 9.80. The van der Waals surface area contributed by atoms with Crippen LogP contribution >= 0.6 is 0 Å². The molecule has 3 N–H and O–H groups in total. The first-order valence-corrected chi connectivity index (χ1v) is 6.29. The summed E-state index contributed by atoms with van der Waals surface area (Å²) in [6.07, 6.45) is -4.45. The van der Waals surface area contributed by atoms with Gasteiger partial charge in [-0.1, -0.05) is 0 Å². The van der Waals surface area contributed by atoms with E-state index in [0.29, 0.717) is 6.54 Å². The van der Waals surface area contributed by atoms with E-state index in [1.807, 2.05) is 0 Å². The minimum absolute atomic E-state index is 0.0937. The van der Waals surface area contributed by atoms with Gasteiger partial charge in [0.25, 0.3) is 5.91 Å². The van der Waals surface area contributed by atoms with Crippen molar-refractivity contribution in [1.29, 1.82) is 0 Å². The monoisotopic (exact) mass is 301 g/mol. The van der Waals surface area contributed by atoms with Gasteiger partial charge < -0.3 is 16.0 Å². The predicted molar refractivity (Wildman–Crippen MR) is 68.3 cm³/mol. The fourth-order valence-corrected chi connectivity index (χ4v) is 2.17. The van der Waals surface area contributed by atoms with Crippen LogP contribution in [0.25, 0.3) is 0 Å². The number of hydrogen-bond acceptors (Lipinski definition) is 3. The molecule has 1 aliphatic rings. The molecule has 0 aromatic heterocycles. The Morgan fingerprint density at radius 1 is 1.24 bits per heavy atom. The summed E-state index contributed by atoms with van der Waals surface area (Å²) in [5.74, 6) is -1.16. The molecule has 2 rings (SSSR count). The van der Waals surface area contributed by atoms with E-state index in [2.05, 4.69) is 5.32 Å². The minimum atomic E-state index is -4.45. The summed E-state index contributed by atoms with van der Waals surface area (Å²) in [5, 5.41) is 2.94. The summed E-state index contributed by atoms with van der Waals surface area (Å²) in [5.41, 5.74) is 4.50. The lowest BCUT2D eigenvalue weighted by molar-refractivity contribution is -0.137. The van der Waals surface area contributed by atoms with Gasteiger partial charge in [0.2, 0.25) is 5.91 Å². The van der Waals surface area contributed by atoms with E-state index in [0.717, 1.165) is 24.3 Å². The smallest absolute Gasteiger partial charge is 0.368 e. The molecule has 1 aliphatic heterocycles. The molecule has 0 aliphatic carbocycles. The average Bonchev–Trinajstić information content (AvgIpc) is 2.45. The Hall–Kier alpha value is -2.09. The maximum absolute atomic E-state index is 12.5. The lowest BCUT2D eigenvalue weighted by Crippen LogP contribution is -2.58. The number of carbonyl (C=O) groups is 2. The van der Waals surface area contributed by atoms with Gasteiger partial charge in [-0.05, 0) is 24.3 Å². The van der Waals surface area contributed by atoms with Gasteiger partial charge in [0, 0.05) is 25.2 Å². The van der Waals surface area contributed by atoms with Crippen molar-refractivity contribution < 1.29 is 22.8 Å². The molecule has 1 saturated heterocycles. The number of benzene rings is 1. The van der Waals surface area contributed by atoms with Crippen molar-refractivity contribution in [3.05, 3.63) is 35.4 Å². The molecule has 114 valence electrons. The second kappa shape index (κ2) is 5.72. The highest BCUT2D eigenvalue weighted by Crippen LogP contribution is 2.29. The maximum Gasteiger partial charge on any atom is 0.416 e. The van der Waals surface area contributed by atoms with Crippen LogP contribution in [0, 0.1) is 0 Å². The fraction of sp³-hybridized carbons (Fsp3) is 0.385. The Morgan fingerprint density at radius 2 is 1.86 bits per heavy atom. The van der Waals surface area contributed by atoms with Gasteiger partial charge in [-0.15, -0.1) is 0 Å². The number of hydrogen-bond donors (Lipinski definition) is 2.